The van der Waals surface area contributed by atoms with Gasteiger partial charge in [0.25, 0.3) is 0 Å². The number of carbonyl (C=O) groups excluding carboxylic acids is 1. The van der Waals surface area contributed by atoms with Crippen molar-refractivity contribution < 1.29 is 4.79 Å². The predicted octanol–water partition coefficient (Wildman–Crippen LogP) is 2.80. The first-order valence-corrected chi connectivity index (χ1v) is 8.22. The van der Waals surface area contributed by atoms with Crippen LogP contribution >= 0.6 is 11.6 Å². The van der Waals surface area contributed by atoms with Gasteiger partial charge in [0.15, 0.2) is 0 Å². The number of amides is 1. The van der Waals surface area contributed by atoms with E-state index >= 15 is 0 Å². The number of benzene rings is 1. The van der Waals surface area contributed by atoms with Crippen molar-refractivity contribution in [3.8, 4) is 0 Å². The topological polar surface area (TPSA) is 50.2 Å². The predicted molar refractivity (Wildman–Crippen MR) is 91.5 cm³/mol. The Hall–Kier alpha value is -1.85. The van der Waals surface area contributed by atoms with E-state index in [1.165, 1.54) is 5.56 Å². The van der Waals surface area contributed by atoms with Gasteiger partial charge in [-0.15, -0.1) is 0 Å². The van der Waals surface area contributed by atoms with Crippen LogP contribution in [-0.2, 0) is 24.9 Å². The van der Waals surface area contributed by atoms with Gasteiger partial charge in [-0.2, -0.15) is 5.10 Å². The summed E-state index contributed by atoms with van der Waals surface area (Å²) in [6, 6.07) is 8.16. The van der Waals surface area contributed by atoms with E-state index in [2.05, 4.69) is 22.5 Å². The molecule has 0 bridgehead atoms. The summed E-state index contributed by atoms with van der Waals surface area (Å²) in [6.07, 6.45) is 1.61. The first-order valence-electron chi connectivity index (χ1n) is 7.84. The molecule has 0 spiro atoms. The minimum atomic E-state index is 0.220. The summed E-state index contributed by atoms with van der Waals surface area (Å²) in [5.74, 6) is 0.220. The largest absolute Gasteiger partial charge is 0.312 e. The number of aromatic nitrogens is 2. The third-order valence-corrected chi connectivity index (χ3v) is 4.69. The Labute approximate surface area is 141 Å². The maximum Gasteiger partial charge on any atom is 0.227 e. The average Bonchev–Trinajstić information content (AvgIpc) is 3.06. The van der Waals surface area contributed by atoms with E-state index in [0.29, 0.717) is 18.1 Å². The quantitative estimate of drug-likeness (QED) is 0.916. The highest BCUT2D eigenvalue weighted by atomic mass is 35.5. The van der Waals surface area contributed by atoms with E-state index in [0.717, 1.165) is 36.5 Å². The van der Waals surface area contributed by atoms with Crippen molar-refractivity contribution in [1.29, 1.82) is 0 Å². The lowest BCUT2D eigenvalue weighted by Crippen LogP contribution is -2.23. The molecule has 0 aliphatic carbocycles. The van der Waals surface area contributed by atoms with Crippen LogP contribution in [0.2, 0.25) is 5.15 Å². The molecule has 0 radical (unpaired) electrons. The number of aryl methyl sites for hydroxylation is 2. The Morgan fingerprint density at radius 2 is 2.00 bits per heavy atom. The molecular weight excluding hydrogens is 312 g/mol. The number of hydrogen-bond donors (Lipinski definition) is 1. The standard InChI is InChI=1S/C17H21ClN4O/c1-12-15(17(18)21(2)20-12)11-19-10-13-5-7-14(8-6-13)22-9-3-4-16(22)23/h5-8,19H,3-4,9-11H2,1-2H3. The van der Waals surface area contributed by atoms with Gasteiger partial charge < -0.3 is 10.2 Å². The Bertz CT molecular complexity index is 708. The van der Waals surface area contributed by atoms with E-state index in [1.54, 1.807) is 4.68 Å². The van der Waals surface area contributed by atoms with Crippen LogP contribution in [0.1, 0.15) is 29.7 Å². The van der Waals surface area contributed by atoms with Crippen LogP contribution in [-0.4, -0.2) is 22.2 Å². The number of anilines is 1. The molecule has 1 amide bonds. The van der Waals surface area contributed by atoms with Gasteiger partial charge in [0.2, 0.25) is 5.91 Å². The van der Waals surface area contributed by atoms with Crippen LogP contribution in [0, 0.1) is 6.92 Å². The van der Waals surface area contributed by atoms with Gasteiger partial charge in [0.05, 0.1) is 5.69 Å². The number of hydrogen-bond acceptors (Lipinski definition) is 3. The summed E-state index contributed by atoms with van der Waals surface area (Å²) in [5, 5.41) is 8.38. The molecule has 1 aliphatic rings. The zero-order valence-electron chi connectivity index (χ0n) is 13.5. The van der Waals surface area contributed by atoms with E-state index in [-0.39, 0.29) is 5.91 Å². The molecule has 1 fully saturated rings. The number of nitrogens with zero attached hydrogens (tertiary/aromatic N) is 3. The second-order valence-electron chi connectivity index (χ2n) is 5.90. The average molecular weight is 333 g/mol. The summed E-state index contributed by atoms with van der Waals surface area (Å²) in [6.45, 7) is 4.23. The fourth-order valence-corrected chi connectivity index (χ4v) is 3.16. The third kappa shape index (κ3) is 3.41. The van der Waals surface area contributed by atoms with Gasteiger partial charge in [-0.1, -0.05) is 23.7 Å². The Morgan fingerprint density at radius 3 is 2.57 bits per heavy atom. The molecule has 1 saturated heterocycles. The molecule has 122 valence electrons. The van der Waals surface area contributed by atoms with Crippen molar-refractivity contribution >= 4 is 23.2 Å². The summed E-state index contributed by atoms with van der Waals surface area (Å²) in [5.41, 5.74) is 4.15. The molecule has 1 aliphatic heterocycles. The molecule has 1 aromatic carbocycles. The molecule has 3 rings (SSSR count). The molecule has 1 N–H and O–H groups in total. The summed E-state index contributed by atoms with van der Waals surface area (Å²) in [4.78, 5) is 13.6. The van der Waals surface area contributed by atoms with Gasteiger partial charge in [-0.05, 0) is 31.0 Å². The van der Waals surface area contributed by atoms with Gasteiger partial charge >= 0.3 is 0 Å². The van der Waals surface area contributed by atoms with Gasteiger partial charge in [0, 0.05) is 44.4 Å². The Balaban J connectivity index is 1.57. The third-order valence-electron chi connectivity index (χ3n) is 4.22. The van der Waals surface area contributed by atoms with Crippen molar-refractivity contribution in [2.24, 2.45) is 7.05 Å². The maximum absolute atomic E-state index is 11.7. The Kier molecular flexibility index (Phi) is 4.68. The SMILES string of the molecule is Cc1nn(C)c(Cl)c1CNCc1ccc(N2CCCC2=O)cc1. The lowest BCUT2D eigenvalue weighted by molar-refractivity contribution is -0.117. The lowest BCUT2D eigenvalue weighted by atomic mass is 10.2. The van der Waals surface area contributed by atoms with E-state index < -0.39 is 0 Å². The minimum Gasteiger partial charge on any atom is -0.312 e. The van der Waals surface area contributed by atoms with Crippen molar-refractivity contribution in [2.45, 2.75) is 32.9 Å². The molecule has 2 heterocycles. The van der Waals surface area contributed by atoms with E-state index in [1.807, 2.05) is 31.0 Å². The van der Waals surface area contributed by atoms with Crippen LogP contribution in [0.3, 0.4) is 0 Å². The van der Waals surface area contributed by atoms with Crippen molar-refractivity contribution in [3.05, 3.63) is 46.2 Å². The Morgan fingerprint density at radius 1 is 1.26 bits per heavy atom. The normalized spacial score (nSPS) is 14.7. The van der Waals surface area contributed by atoms with Crippen molar-refractivity contribution in [1.82, 2.24) is 15.1 Å². The van der Waals surface area contributed by atoms with Crippen LogP contribution in [0.4, 0.5) is 5.69 Å². The van der Waals surface area contributed by atoms with Gasteiger partial charge in [-0.3, -0.25) is 9.48 Å². The molecule has 2 aromatic rings. The number of nitrogens with one attached hydrogen (secondary N) is 1. The van der Waals surface area contributed by atoms with Crippen LogP contribution in [0.25, 0.3) is 0 Å². The number of halogens is 1. The second kappa shape index (κ2) is 6.72. The summed E-state index contributed by atoms with van der Waals surface area (Å²) in [7, 11) is 1.84. The highest BCUT2D eigenvalue weighted by Crippen LogP contribution is 2.22. The first kappa shape index (κ1) is 16.0. The molecule has 0 unspecified atom stereocenters. The van der Waals surface area contributed by atoms with E-state index in [9.17, 15) is 4.79 Å². The molecule has 23 heavy (non-hydrogen) atoms. The monoisotopic (exact) mass is 332 g/mol. The lowest BCUT2D eigenvalue weighted by Gasteiger charge is -2.16. The molecule has 0 saturated carbocycles. The zero-order chi connectivity index (χ0) is 16.4. The first-order chi connectivity index (χ1) is 11.1. The maximum atomic E-state index is 11.7. The summed E-state index contributed by atoms with van der Waals surface area (Å²) >= 11 is 6.23. The second-order valence-corrected chi connectivity index (χ2v) is 6.26. The molecule has 1 aromatic heterocycles. The van der Waals surface area contributed by atoms with Crippen LogP contribution < -0.4 is 10.2 Å². The zero-order valence-corrected chi connectivity index (χ0v) is 14.2. The molecule has 0 atom stereocenters. The molecule has 6 heteroatoms. The van der Waals surface area contributed by atoms with Crippen molar-refractivity contribution in [3.63, 3.8) is 0 Å². The highest BCUT2D eigenvalue weighted by molar-refractivity contribution is 6.30. The fourth-order valence-electron chi connectivity index (χ4n) is 2.92. The van der Waals surface area contributed by atoms with Gasteiger partial charge in [0.1, 0.15) is 5.15 Å². The smallest absolute Gasteiger partial charge is 0.227 e. The van der Waals surface area contributed by atoms with Crippen LogP contribution in [0.15, 0.2) is 24.3 Å². The summed E-state index contributed by atoms with van der Waals surface area (Å²) < 4.78 is 1.69. The van der Waals surface area contributed by atoms with E-state index in [4.69, 9.17) is 11.6 Å². The molecule has 5 nitrogen and oxygen atoms in total. The number of carbonyl (C=O) groups is 1. The number of rotatable bonds is 5. The van der Waals surface area contributed by atoms with Crippen molar-refractivity contribution in [2.75, 3.05) is 11.4 Å². The van der Waals surface area contributed by atoms with Crippen LogP contribution in [0.5, 0.6) is 0 Å². The van der Waals surface area contributed by atoms with Gasteiger partial charge in [-0.25, -0.2) is 0 Å². The highest BCUT2D eigenvalue weighted by Gasteiger charge is 2.21. The fraction of sp³-hybridized carbons (Fsp3) is 0.412. The molecular formula is C17H21ClN4O. The minimum absolute atomic E-state index is 0.220.